The summed E-state index contributed by atoms with van der Waals surface area (Å²) < 4.78 is 6.12. The number of hydrogen-bond donors (Lipinski definition) is 0. The monoisotopic (exact) mass is 362 g/mol. The lowest BCUT2D eigenvalue weighted by atomic mass is 9.77. The molecule has 26 heavy (non-hydrogen) atoms. The lowest BCUT2D eigenvalue weighted by Crippen LogP contribution is -2.23. The Morgan fingerprint density at radius 1 is 0.731 bits per heavy atom. The maximum atomic E-state index is 6.12. The third-order valence-corrected chi connectivity index (χ3v) is 6.88. The maximum absolute atomic E-state index is 6.12. The lowest BCUT2D eigenvalue weighted by molar-refractivity contribution is 0.0145. The minimum atomic E-state index is 0.582. The number of ether oxygens (including phenoxy) is 1. The standard InChI is InChI=1S/C25H46O/c1-3-5-7-9-21-26-25-19-17-24(18-20-25)16-15-23-13-11-22(12-14-23)10-8-6-4-2/h8,10,22-25H,3-7,9,11-21H2,1-2H3/b10-8+. The Morgan fingerprint density at radius 2 is 1.38 bits per heavy atom. The van der Waals surface area contributed by atoms with Gasteiger partial charge in [-0.25, -0.2) is 0 Å². The van der Waals surface area contributed by atoms with Gasteiger partial charge in [0, 0.05) is 6.61 Å². The van der Waals surface area contributed by atoms with Crippen molar-refractivity contribution in [3.8, 4) is 0 Å². The van der Waals surface area contributed by atoms with Crippen LogP contribution in [0.5, 0.6) is 0 Å². The predicted molar refractivity (Wildman–Crippen MR) is 115 cm³/mol. The zero-order valence-electron chi connectivity index (χ0n) is 17.9. The van der Waals surface area contributed by atoms with Crippen molar-refractivity contribution in [2.45, 2.75) is 123 Å². The summed E-state index contributed by atoms with van der Waals surface area (Å²) in [5.41, 5.74) is 0. The van der Waals surface area contributed by atoms with E-state index in [1.165, 1.54) is 103 Å². The van der Waals surface area contributed by atoms with E-state index in [-0.39, 0.29) is 0 Å². The molecule has 0 aromatic rings. The fourth-order valence-electron chi connectivity index (χ4n) is 4.96. The quantitative estimate of drug-likeness (QED) is 0.252. The van der Waals surface area contributed by atoms with Crippen LogP contribution in [0.15, 0.2) is 12.2 Å². The third-order valence-electron chi connectivity index (χ3n) is 6.88. The van der Waals surface area contributed by atoms with E-state index < -0.39 is 0 Å². The minimum Gasteiger partial charge on any atom is -0.378 e. The van der Waals surface area contributed by atoms with Gasteiger partial charge in [-0.3, -0.25) is 0 Å². The summed E-state index contributed by atoms with van der Waals surface area (Å²) in [6, 6.07) is 0. The van der Waals surface area contributed by atoms with Crippen molar-refractivity contribution in [2.75, 3.05) is 6.61 Å². The fraction of sp³-hybridized carbons (Fsp3) is 0.920. The number of unbranched alkanes of at least 4 members (excludes halogenated alkanes) is 4. The van der Waals surface area contributed by atoms with Crippen LogP contribution in [-0.2, 0) is 4.74 Å². The number of hydrogen-bond acceptors (Lipinski definition) is 1. The molecule has 0 heterocycles. The minimum absolute atomic E-state index is 0.582. The van der Waals surface area contributed by atoms with E-state index in [1.54, 1.807) is 0 Å². The summed E-state index contributed by atoms with van der Waals surface area (Å²) in [7, 11) is 0. The van der Waals surface area contributed by atoms with Gasteiger partial charge >= 0.3 is 0 Å². The lowest BCUT2D eigenvalue weighted by Gasteiger charge is -2.31. The summed E-state index contributed by atoms with van der Waals surface area (Å²) in [4.78, 5) is 0. The molecule has 2 aliphatic carbocycles. The molecule has 2 saturated carbocycles. The van der Waals surface area contributed by atoms with Crippen LogP contribution in [0.4, 0.5) is 0 Å². The Balaban J connectivity index is 1.49. The first-order chi connectivity index (χ1) is 12.8. The highest BCUT2D eigenvalue weighted by atomic mass is 16.5. The van der Waals surface area contributed by atoms with Crippen LogP contribution >= 0.6 is 0 Å². The Kier molecular flexibility index (Phi) is 11.7. The molecule has 1 heteroatoms. The molecule has 2 rings (SSSR count). The highest BCUT2D eigenvalue weighted by molar-refractivity contribution is 4.91. The second-order valence-corrected chi connectivity index (χ2v) is 9.15. The summed E-state index contributed by atoms with van der Waals surface area (Å²) >= 11 is 0. The molecule has 2 aliphatic rings. The average molecular weight is 363 g/mol. The van der Waals surface area contributed by atoms with E-state index in [2.05, 4.69) is 26.0 Å². The molecule has 2 fully saturated rings. The second kappa shape index (κ2) is 13.8. The van der Waals surface area contributed by atoms with Gasteiger partial charge in [-0.1, -0.05) is 64.5 Å². The van der Waals surface area contributed by atoms with Crippen molar-refractivity contribution >= 4 is 0 Å². The normalized spacial score (nSPS) is 30.1. The highest BCUT2D eigenvalue weighted by Gasteiger charge is 2.24. The molecule has 0 aliphatic heterocycles. The van der Waals surface area contributed by atoms with Gasteiger partial charge in [0.2, 0.25) is 0 Å². The first-order valence-corrected chi connectivity index (χ1v) is 12.1. The summed E-state index contributed by atoms with van der Waals surface area (Å²) in [6.07, 6.45) is 27.7. The summed E-state index contributed by atoms with van der Waals surface area (Å²) in [5, 5.41) is 0. The zero-order valence-corrected chi connectivity index (χ0v) is 17.9. The molecule has 1 nitrogen and oxygen atoms in total. The van der Waals surface area contributed by atoms with E-state index in [1.807, 2.05) is 0 Å². The van der Waals surface area contributed by atoms with Crippen LogP contribution in [-0.4, -0.2) is 12.7 Å². The molecule has 0 aromatic heterocycles. The Hall–Kier alpha value is -0.300. The topological polar surface area (TPSA) is 9.23 Å². The first-order valence-electron chi connectivity index (χ1n) is 12.1. The van der Waals surface area contributed by atoms with Gasteiger partial charge in [-0.2, -0.15) is 0 Å². The van der Waals surface area contributed by atoms with Crippen LogP contribution in [0.3, 0.4) is 0 Å². The number of rotatable bonds is 12. The van der Waals surface area contributed by atoms with Crippen molar-refractivity contribution in [3.05, 3.63) is 12.2 Å². The molecular weight excluding hydrogens is 316 g/mol. The smallest absolute Gasteiger partial charge is 0.0575 e. The molecular formula is C25H46O. The second-order valence-electron chi connectivity index (χ2n) is 9.15. The van der Waals surface area contributed by atoms with Crippen LogP contribution < -0.4 is 0 Å². The van der Waals surface area contributed by atoms with Crippen LogP contribution in [0.25, 0.3) is 0 Å². The van der Waals surface area contributed by atoms with Gasteiger partial charge in [0.25, 0.3) is 0 Å². The molecule has 0 amide bonds. The van der Waals surface area contributed by atoms with Gasteiger partial charge in [0.15, 0.2) is 0 Å². The average Bonchev–Trinajstić information content (AvgIpc) is 2.68. The highest BCUT2D eigenvalue weighted by Crippen LogP contribution is 2.36. The molecule has 0 N–H and O–H groups in total. The van der Waals surface area contributed by atoms with Gasteiger partial charge in [-0.05, 0) is 82.0 Å². The van der Waals surface area contributed by atoms with E-state index in [4.69, 9.17) is 4.74 Å². The van der Waals surface area contributed by atoms with E-state index in [9.17, 15) is 0 Å². The number of allylic oxidation sites excluding steroid dienone is 2. The van der Waals surface area contributed by atoms with Gasteiger partial charge in [0.1, 0.15) is 0 Å². The van der Waals surface area contributed by atoms with Gasteiger partial charge in [0.05, 0.1) is 6.10 Å². The molecule has 152 valence electrons. The summed E-state index contributed by atoms with van der Waals surface area (Å²) in [6.45, 7) is 5.55. The molecule has 0 radical (unpaired) electrons. The van der Waals surface area contributed by atoms with Crippen molar-refractivity contribution in [1.29, 1.82) is 0 Å². The molecule has 0 bridgehead atoms. The van der Waals surface area contributed by atoms with Gasteiger partial charge in [-0.15, -0.1) is 0 Å². The molecule has 0 saturated heterocycles. The predicted octanol–water partition coefficient (Wildman–Crippen LogP) is 8.09. The Morgan fingerprint density at radius 3 is 2.00 bits per heavy atom. The largest absolute Gasteiger partial charge is 0.378 e. The van der Waals surface area contributed by atoms with E-state index >= 15 is 0 Å². The maximum Gasteiger partial charge on any atom is 0.0575 e. The van der Waals surface area contributed by atoms with E-state index in [0.717, 1.165) is 24.4 Å². The van der Waals surface area contributed by atoms with Crippen molar-refractivity contribution in [1.82, 2.24) is 0 Å². The Bertz CT molecular complexity index is 345. The third kappa shape index (κ3) is 9.07. The summed E-state index contributed by atoms with van der Waals surface area (Å²) in [5.74, 6) is 2.91. The fourth-order valence-corrected chi connectivity index (χ4v) is 4.96. The first kappa shape index (κ1) is 22.0. The van der Waals surface area contributed by atoms with Crippen molar-refractivity contribution in [3.63, 3.8) is 0 Å². The molecule has 0 unspecified atom stereocenters. The molecule has 0 atom stereocenters. The van der Waals surface area contributed by atoms with Crippen molar-refractivity contribution in [2.24, 2.45) is 17.8 Å². The SMILES string of the molecule is CCC/C=C/C1CCC(CCC2CCC(OCCCCCC)CC2)CC1. The molecule has 0 aromatic carbocycles. The van der Waals surface area contributed by atoms with E-state index in [0.29, 0.717) is 6.10 Å². The molecule has 0 spiro atoms. The van der Waals surface area contributed by atoms with Gasteiger partial charge < -0.3 is 4.74 Å². The van der Waals surface area contributed by atoms with Crippen molar-refractivity contribution < 1.29 is 4.74 Å². The zero-order chi connectivity index (χ0) is 18.5. The van der Waals surface area contributed by atoms with Crippen LogP contribution in [0, 0.1) is 17.8 Å². The Labute approximate surface area is 164 Å². The van der Waals surface area contributed by atoms with Crippen LogP contribution in [0.1, 0.15) is 117 Å². The van der Waals surface area contributed by atoms with Crippen LogP contribution in [0.2, 0.25) is 0 Å².